The third kappa shape index (κ3) is 3.68. The molecule has 0 aliphatic carbocycles. The minimum Gasteiger partial charge on any atom is -0.388 e. The molecule has 0 saturated carbocycles. The highest BCUT2D eigenvalue weighted by Crippen LogP contribution is 2.23. The molecule has 0 fully saturated rings. The summed E-state index contributed by atoms with van der Waals surface area (Å²) in [6.45, 7) is 4.43. The average molecular weight is 254 g/mol. The zero-order valence-corrected chi connectivity index (χ0v) is 11.7. The van der Waals surface area contributed by atoms with Crippen LogP contribution in [0.15, 0.2) is 54.6 Å². The molecule has 1 N–H and O–H groups in total. The van der Waals surface area contributed by atoms with E-state index in [0.29, 0.717) is 12.3 Å². The Morgan fingerprint density at radius 2 is 1.47 bits per heavy atom. The van der Waals surface area contributed by atoms with Crippen molar-refractivity contribution in [3.05, 3.63) is 71.3 Å². The molecule has 0 spiro atoms. The summed E-state index contributed by atoms with van der Waals surface area (Å²) in [5.41, 5.74) is 3.51. The maximum Gasteiger partial charge on any atom is 0.0830 e. The molecular weight excluding hydrogens is 232 g/mol. The first-order chi connectivity index (χ1) is 9.20. The summed E-state index contributed by atoms with van der Waals surface area (Å²) in [7, 11) is 0. The molecule has 0 radical (unpaired) electrons. The molecule has 0 bridgehead atoms. The van der Waals surface area contributed by atoms with Gasteiger partial charge in [-0.05, 0) is 29.0 Å². The van der Waals surface area contributed by atoms with E-state index in [-0.39, 0.29) is 0 Å². The zero-order valence-electron chi connectivity index (χ0n) is 11.7. The standard InChI is InChI=1S/C18H22O/c1-3-14(2)16-9-11-17(12-10-16)18(19)13-15-7-5-4-6-8-15/h4-12,14,18-19H,3,13H2,1-2H3. The lowest BCUT2D eigenvalue weighted by Gasteiger charge is -2.14. The fourth-order valence-corrected chi connectivity index (χ4v) is 2.24. The highest BCUT2D eigenvalue weighted by atomic mass is 16.3. The molecule has 19 heavy (non-hydrogen) atoms. The van der Waals surface area contributed by atoms with E-state index in [1.54, 1.807) is 0 Å². The molecule has 0 aromatic heterocycles. The number of rotatable bonds is 5. The zero-order chi connectivity index (χ0) is 13.7. The van der Waals surface area contributed by atoms with E-state index < -0.39 is 6.10 Å². The van der Waals surface area contributed by atoms with Crippen molar-refractivity contribution in [2.24, 2.45) is 0 Å². The minimum absolute atomic E-state index is 0.423. The number of hydrogen-bond donors (Lipinski definition) is 1. The van der Waals surface area contributed by atoms with E-state index in [9.17, 15) is 5.11 Å². The Hall–Kier alpha value is -1.60. The molecule has 2 unspecified atom stereocenters. The van der Waals surface area contributed by atoms with Crippen LogP contribution < -0.4 is 0 Å². The van der Waals surface area contributed by atoms with Crippen molar-refractivity contribution in [2.75, 3.05) is 0 Å². The van der Waals surface area contributed by atoms with Crippen LogP contribution in [0.4, 0.5) is 0 Å². The molecule has 0 amide bonds. The predicted octanol–water partition coefficient (Wildman–Crippen LogP) is 4.48. The largest absolute Gasteiger partial charge is 0.388 e. The van der Waals surface area contributed by atoms with Crippen LogP contribution in [-0.2, 0) is 6.42 Å². The van der Waals surface area contributed by atoms with E-state index in [1.165, 1.54) is 11.1 Å². The van der Waals surface area contributed by atoms with Crippen molar-refractivity contribution in [1.29, 1.82) is 0 Å². The van der Waals surface area contributed by atoms with Gasteiger partial charge in [-0.1, -0.05) is 68.4 Å². The van der Waals surface area contributed by atoms with E-state index in [0.717, 1.165) is 12.0 Å². The van der Waals surface area contributed by atoms with E-state index in [1.807, 2.05) is 18.2 Å². The summed E-state index contributed by atoms with van der Waals surface area (Å²) in [6.07, 6.45) is 1.39. The molecule has 0 saturated heterocycles. The van der Waals surface area contributed by atoms with Crippen LogP contribution in [0.5, 0.6) is 0 Å². The molecule has 100 valence electrons. The molecule has 2 aromatic carbocycles. The minimum atomic E-state index is -0.423. The van der Waals surface area contributed by atoms with Crippen LogP contribution in [0, 0.1) is 0 Å². The summed E-state index contributed by atoms with van der Waals surface area (Å²) in [6, 6.07) is 18.5. The monoisotopic (exact) mass is 254 g/mol. The van der Waals surface area contributed by atoms with Gasteiger partial charge in [0, 0.05) is 6.42 Å². The Morgan fingerprint density at radius 3 is 2.05 bits per heavy atom. The van der Waals surface area contributed by atoms with E-state index in [4.69, 9.17) is 0 Å². The van der Waals surface area contributed by atoms with Crippen LogP contribution in [0.25, 0.3) is 0 Å². The number of hydrogen-bond acceptors (Lipinski definition) is 1. The van der Waals surface area contributed by atoms with Crippen molar-refractivity contribution >= 4 is 0 Å². The van der Waals surface area contributed by atoms with Crippen molar-refractivity contribution < 1.29 is 5.11 Å². The second-order valence-electron chi connectivity index (χ2n) is 5.18. The lowest BCUT2D eigenvalue weighted by atomic mass is 9.95. The topological polar surface area (TPSA) is 20.2 Å². The fourth-order valence-electron chi connectivity index (χ4n) is 2.24. The maximum atomic E-state index is 10.3. The van der Waals surface area contributed by atoms with Gasteiger partial charge >= 0.3 is 0 Å². The van der Waals surface area contributed by atoms with Gasteiger partial charge in [0.05, 0.1) is 6.10 Å². The lowest BCUT2D eigenvalue weighted by Crippen LogP contribution is -2.02. The first kappa shape index (κ1) is 13.8. The highest BCUT2D eigenvalue weighted by molar-refractivity contribution is 5.28. The van der Waals surface area contributed by atoms with Crippen molar-refractivity contribution in [2.45, 2.75) is 38.7 Å². The molecule has 0 heterocycles. The van der Waals surface area contributed by atoms with Gasteiger partial charge in [0.15, 0.2) is 0 Å². The van der Waals surface area contributed by atoms with E-state index in [2.05, 4.69) is 50.2 Å². The Morgan fingerprint density at radius 1 is 0.895 bits per heavy atom. The Kier molecular flexibility index (Phi) is 4.75. The van der Waals surface area contributed by atoms with Crippen LogP contribution in [0.2, 0.25) is 0 Å². The molecule has 2 aromatic rings. The Balaban J connectivity index is 2.05. The summed E-state index contributed by atoms with van der Waals surface area (Å²) < 4.78 is 0. The van der Waals surface area contributed by atoms with Crippen LogP contribution >= 0.6 is 0 Å². The van der Waals surface area contributed by atoms with Crippen molar-refractivity contribution in [3.8, 4) is 0 Å². The second-order valence-corrected chi connectivity index (χ2v) is 5.18. The molecule has 1 heteroatoms. The third-order valence-corrected chi connectivity index (χ3v) is 3.77. The molecule has 2 atom stereocenters. The van der Waals surface area contributed by atoms with Gasteiger partial charge < -0.3 is 5.11 Å². The van der Waals surface area contributed by atoms with Gasteiger partial charge in [-0.3, -0.25) is 0 Å². The van der Waals surface area contributed by atoms with E-state index >= 15 is 0 Å². The Labute approximate surface area is 115 Å². The molecule has 1 nitrogen and oxygen atoms in total. The molecule has 0 aliphatic heterocycles. The summed E-state index contributed by atoms with van der Waals surface area (Å²) in [5.74, 6) is 0.584. The number of aliphatic hydroxyl groups is 1. The number of benzene rings is 2. The van der Waals surface area contributed by atoms with Crippen LogP contribution in [-0.4, -0.2) is 5.11 Å². The van der Waals surface area contributed by atoms with Gasteiger partial charge in [-0.2, -0.15) is 0 Å². The van der Waals surface area contributed by atoms with Gasteiger partial charge in [0.25, 0.3) is 0 Å². The van der Waals surface area contributed by atoms with Crippen molar-refractivity contribution in [3.63, 3.8) is 0 Å². The average Bonchev–Trinajstić information content (AvgIpc) is 2.47. The third-order valence-electron chi connectivity index (χ3n) is 3.77. The number of aliphatic hydroxyl groups excluding tert-OH is 1. The quantitative estimate of drug-likeness (QED) is 0.834. The second kappa shape index (κ2) is 6.53. The van der Waals surface area contributed by atoms with Crippen LogP contribution in [0.3, 0.4) is 0 Å². The van der Waals surface area contributed by atoms with Gasteiger partial charge in [-0.25, -0.2) is 0 Å². The fraction of sp³-hybridized carbons (Fsp3) is 0.333. The molecule has 0 aliphatic rings. The summed E-state index contributed by atoms with van der Waals surface area (Å²) >= 11 is 0. The summed E-state index contributed by atoms with van der Waals surface area (Å²) in [5, 5.41) is 10.3. The predicted molar refractivity (Wildman–Crippen MR) is 80.3 cm³/mol. The first-order valence-corrected chi connectivity index (χ1v) is 7.02. The normalized spacial score (nSPS) is 14.1. The van der Waals surface area contributed by atoms with Gasteiger partial charge in [0.2, 0.25) is 0 Å². The molecule has 2 rings (SSSR count). The van der Waals surface area contributed by atoms with Crippen molar-refractivity contribution in [1.82, 2.24) is 0 Å². The van der Waals surface area contributed by atoms with Gasteiger partial charge in [-0.15, -0.1) is 0 Å². The maximum absolute atomic E-state index is 10.3. The van der Waals surface area contributed by atoms with Gasteiger partial charge in [0.1, 0.15) is 0 Å². The summed E-state index contributed by atoms with van der Waals surface area (Å²) in [4.78, 5) is 0. The Bertz CT molecular complexity index is 487. The lowest BCUT2D eigenvalue weighted by molar-refractivity contribution is 0.178. The highest BCUT2D eigenvalue weighted by Gasteiger charge is 2.09. The SMILES string of the molecule is CCC(C)c1ccc(C(O)Cc2ccccc2)cc1. The smallest absolute Gasteiger partial charge is 0.0830 e. The molecular formula is C18H22O. The first-order valence-electron chi connectivity index (χ1n) is 7.02. The van der Waals surface area contributed by atoms with Crippen LogP contribution in [0.1, 0.15) is 49.0 Å².